The maximum absolute atomic E-state index is 13.2. The summed E-state index contributed by atoms with van der Waals surface area (Å²) < 4.78 is 45.6. The number of nitrogens with zero attached hydrogens (tertiary/aromatic N) is 4. The van der Waals surface area contributed by atoms with Gasteiger partial charge >= 0.3 is 12.1 Å². The summed E-state index contributed by atoms with van der Waals surface area (Å²) in [6, 6.07) is 1.47. The smallest absolute Gasteiger partial charge is 0.435 e. The van der Waals surface area contributed by atoms with Crippen LogP contribution in [0.1, 0.15) is 39.4 Å². The molecule has 2 aromatic heterocycles. The summed E-state index contributed by atoms with van der Waals surface area (Å²) in [7, 11) is 0. The topological polar surface area (TPSA) is 93.1 Å². The minimum absolute atomic E-state index is 0.00639. The van der Waals surface area contributed by atoms with Crippen LogP contribution in [0.25, 0.3) is 0 Å². The van der Waals surface area contributed by atoms with Gasteiger partial charge in [0.15, 0.2) is 11.4 Å². The Morgan fingerprint density at radius 3 is 2.72 bits per heavy atom. The number of H-pyrrole nitrogens is 1. The highest BCUT2D eigenvalue weighted by molar-refractivity contribution is 5.92. The molecule has 0 aromatic carbocycles. The van der Waals surface area contributed by atoms with Crippen molar-refractivity contribution in [2.45, 2.75) is 26.2 Å². The Balaban J connectivity index is 1.95. The second-order valence-corrected chi connectivity index (χ2v) is 5.29. The molecule has 2 aromatic rings. The fraction of sp³-hybridized carbons (Fsp3) is 0.429. The number of carbonyl (C=O) groups is 2. The van der Waals surface area contributed by atoms with Crippen LogP contribution >= 0.6 is 0 Å². The molecule has 1 N–H and O–H groups in total. The van der Waals surface area contributed by atoms with Crippen LogP contribution in [0.5, 0.6) is 0 Å². The Kier molecular flexibility index (Phi) is 4.23. The third-order valence-electron chi connectivity index (χ3n) is 3.73. The maximum Gasteiger partial charge on any atom is 0.435 e. The average Bonchev–Trinajstić information content (AvgIpc) is 3.20. The number of alkyl halides is 3. The van der Waals surface area contributed by atoms with Gasteiger partial charge in [-0.3, -0.25) is 9.89 Å². The van der Waals surface area contributed by atoms with E-state index in [4.69, 9.17) is 4.74 Å². The van der Waals surface area contributed by atoms with Crippen molar-refractivity contribution < 1.29 is 27.5 Å². The van der Waals surface area contributed by atoms with Gasteiger partial charge in [-0.15, -0.1) is 0 Å². The van der Waals surface area contributed by atoms with Crippen molar-refractivity contribution in [1.82, 2.24) is 24.6 Å². The summed E-state index contributed by atoms with van der Waals surface area (Å²) in [5.41, 5.74) is -1.70. The van der Waals surface area contributed by atoms with E-state index in [1.165, 1.54) is 24.1 Å². The summed E-state index contributed by atoms with van der Waals surface area (Å²) in [5.74, 6) is -1.51. The third kappa shape index (κ3) is 3.08. The number of imidazole rings is 1. The zero-order valence-electron chi connectivity index (χ0n) is 13.1. The molecule has 25 heavy (non-hydrogen) atoms. The van der Waals surface area contributed by atoms with Gasteiger partial charge in [0.1, 0.15) is 11.5 Å². The lowest BCUT2D eigenvalue weighted by atomic mass is 10.2. The molecule has 8 nitrogen and oxygen atoms in total. The Bertz CT molecular complexity index is 797. The van der Waals surface area contributed by atoms with Crippen LogP contribution in [-0.4, -0.2) is 49.7 Å². The van der Waals surface area contributed by atoms with E-state index in [1.807, 2.05) is 0 Å². The second-order valence-electron chi connectivity index (χ2n) is 5.29. The van der Waals surface area contributed by atoms with Crippen molar-refractivity contribution in [2.24, 2.45) is 0 Å². The summed E-state index contributed by atoms with van der Waals surface area (Å²) in [6.45, 7) is 1.43. The number of carbonyl (C=O) groups excluding carboxylic acids is 2. The van der Waals surface area contributed by atoms with Gasteiger partial charge in [-0.25, -0.2) is 9.78 Å². The lowest BCUT2D eigenvalue weighted by Gasteiger charge is -2.27. The zero-order valence-corrected chi connectivity index (χ0v) is 13.1. The first kappa shape index (κ1) is 17.0. The molecule has 0 saturated heterocycles. The van der Waals surface area contributed by atoms with Crippen molar-refractivity contribution >= 4 is 11.9 Å². The van der Waals surface area contributed by atoms with E-state index >= 15 is 0 Å². The van der Waals surface area contributed by atoms with Gasteiger partial charge in [0.2, 0.25) is 0 Å². The molecule has 0 saturated carbocycles. The molecular formula is C14H14F3N5O3. The van der Waals surface area contributed by atoms with Gasteiger partial charge in [-0.05, 0) is 13.0 Å². The average molecular weight is 357 g/mol. The number of nitrogens with one attached hydrogen (secondary N) is 1. The first-order valence-electron chi connectivity index (χ1n) is 7.45. The summed E-state index contributed by atoms with van der Waals surface area (Å²) in [6.07, 6.45) is -3.40. The second kappa shape index (κ2) is 6.22. The van der Waals surface area contributed by atoms with Crippen LogP contribution < -0.4 is 0 Å². The van der Waals surface area contributed by atoms with E-state index in [1.54, 1.807) is 0 Å². The minimum Gasteiger partial charge on any atom is -0.461 e. The van der Waals surface area contributed by atoms with Crippen molar-refractivity contribution in [1.29, 1.82) is 0 Å². The standard InChI is InChI=1S/C14H14F3N5O3/c1-2-25-13(24)10-11(14(15,16)17)19-9-7-21(5-6-22(9)10)12(23)8-3-4-18-20-8/h3-4H,2,5-7H2,1H3,(H,18,20). The number of ether oxygens (including phenoxy) is 1. The molecule has 0 radical (unpaired) electrons. The van der Waals surface area contributed by atoms with Crippen LogP contribution in [0.4, 0.5) is 13.2 Å². The SMILES string of the molecule is CCOC(=O)c1c(C(F)(F)F)nc2n1CCN(C(=O)c1ccn[nH]1)C2. The van der Waals surface area contributed by atoms with E-state index in [9.17, 15) is 22.8 Å². The first-order chi connectivity index (χ1) is 11.8. The van der Waals surface area contributed by atoms with Crippen molar-refractivity contribution in [3.8, 4) is 0 Å². The largest absolute Gasteiger partial charge is 0.461 e. The molecule has 0 bridgehead atoms. The van der Waals surface area contributed by atoms with E-state index in [0.29, 0.717) is 0 Å². The van der Waals surface area contributed by atoms with Gasteiger partial charge < -0.3 is 14.2 Å². The number of rotatable bonds is 3. The summed E-state index contributed by atoms with van der Waals surface area (Å²) in [5, 5.41) is 6.18. The molecule has 11 heteroatoms. The van der Waals surface area contributed by atoms with Crippen molar-refractivity contribution in [2.75, 3.05) is 13.2 Å². The first-order valence-corrected chi connectivity index (χ1v) is 7.45. The Morgan fingerprint density at radius 1 is 1.36 bits per heavy atom. The number of aromatic nitrogens is 4. The molecule has 0 aliphatic carbocycles. The van der Waals surface area contributed by atoms with Gasteiger partial charge in [-0.2, -0.15) is 18.3 Å². The molecule has 134 valence electrons. The molecule has 0 unspecified atom stereocenters. The number of hydrogen-bond donors (Lipinski definition) is 1. The quantitative estimate of drug-likeness (QED) is 0.840. The number of hydrogen-bond acceptors (Lipinski definition) is 5. The molecule has 0 spiro atoms. The third-order valence-corrected chi connectivity index (χ3v) is 3.73. The van der Waals surface area contributed by atoms with Crippen molar-refractivity contribution in [3.05, 3.63) is 35.2 Å². The predicted molar refractivity (Wildman–Crippen MR) is 76.5 cm³/mol. The molecule has 0 atom stereocenters. The molecule has 0 fully saturated rings. The number of esters is 1. The van der Waals surface area contributed by atoms with Crippen LogP contribution in [0.2, 0.25) is 0 Å². The summed E-state index contributed by atoms with van der Waals surface area (Å²) >= 11 is 0. The molecule has 3 heterocycles. The fourth-order valence-electron chi connectivity index (χ4n) is 2.65. The zero-order chi connectivity index (χ0) is 18.2. The van der Waals surface area contributed by atoms with E-state index in [2.05, 4.69) is 15.2 Å². The monoisotopic (exact) mass is 357 g/mol. The molecule has 3 rings (SSSR count). The number of halogens is 3. The highest BCUT2D eigenvalue weighted by atomic mass is 19.4. The highest BCUT2D eigenvalue weighted by Gasteiger charge is 2.43. The highest BCUT2D eigenvalue weighted by Crippen LogP contribution is 2.33. The van der Waals surface area contributed by atoms with Crippen LogP contribution in [0.15, 0.2) is 12.3 Å². The Labute approximate surface area is 139 Å². The number of fused-ring (bicyclic) bond motifs is 1. The van der Waals surface area contributed by atoms with E-state index in [-0.39, 0.29) is 37.8 Å². The Hall–Kier alpha value is -2.85. The summed E-state index contributed by atoms with van der Waals surface area (Å²) in [4.78, 5) is 29.2. The predicted octanol–water partition coefficient (Wildman–Crippen LogP) is 1.46. The molecule has 1 amide bonds. The van der Waals surface area contributed by atoms with Gasteiger partial charge in [0.05, 0.1) is 13.2 Å². The fourth-order valence-corrected chi connectivity index (χ4v) is 2.65. The minimum atomic E-state index is -4.80. The normalized spacial score (nSPS) is 14.3. The maximum atomic E-state index is 13.2. The Morgan fingerprint density at radius 2 is 2.12 bits per heavy atom. The molecule has 1 aliphatic heterocycles. The van der Waals surface area contributed by atoms with Gasteiger partial charge in [-0.1, -0.05) is 0 Å². The molecule has 1 aliphatic rings. The van der Waals surface area contributed by atoms with E-state index in [0.717, 1.165) is 4.57 Å². The van der Waals surface area contributed by atoms with Crippen LogP contribution in [0.3, 0.4) is 0 Å². The van der Waals surface area contributed by atoms with Crippen LogP contribution in [0, 0.1) is 0 Å². The lowest BCUT2D eigenvalue weighted by molar-refractivity contribution is -0.141. The van der Waals surface area contributed by atoms with E-state index < -0.39 is 29.4 Å². The van der Waals surface area contributed by atoms with Crippen molar-refractivity contribution in [3.63, 3.8) is 0 Å². The van der Waals surface area contributed by atoms with Crippen LogP contribution in [-0.2, 0) is 24.0 Å². The van der Waals surface area contributed by atoms with Gasteiger partial charge in [0.25, 0.3) is 5.91 Å². The molecular weight excluding hydrogens is 343 g/mol. The number of aromatic amines is 1. The van der Waals surface area contributed by atoms with Gasteiger partial charge in [0, 0.05) is 19.3 Å². The lowest BCUT2D eigenvalue weighted by Crippen LogP contribution is -2.39. The number of amides is 1.